The van der Waals surface area contributed by atoms with Crippen LogP contribution in [0.25, 0.3) is 0 Å². The van der Waals surface area contributed by atoms with Crippen LogP contribution in [0.3, 0.4) is 0 Å². The maximum atomic E-state index is 12.8. The van der Waals surface area contributed by atoms with Crippen molar-refractivity contribution in [2.45, 2.75) is 18.9 Å². The highest BCUT2D eigenvalue weighted by Crippen LogP contribution is 2.35. The number of hydrogen-bond donors (Lipinski definition) is 1. The Balaban J connectivity index is 1.66. The molecule has 1 saturated heterocycles. The van der Waals surface area contributed by atoms with E-state index >= 15 is 0 Å². The van der Waals surface area contributed by atoms with E-state index in [9.17, 15) is 19.5 Å². The first-order valence-electron chi connectivity index (χ1n) is 8.08. The van der Waals surface area contributed by atoms with E-state index in [-0.39, 0.29) is 28.8 Å². The fourth-order valence-corrected chi connectivity index (χ4v) is 3.86. The standard InChI is InChI=1S/C17H16N4O4/c22-13-3-1-2-12-11-6-10(8-21(12)13)7-20(9-11)16(23)14-15(17(24)25)19-5-4-18-14/h1-5,10-11H,6-9H2,(H,24,25). The second-order valence-corrected chi connectivity index (χ2v) is 6.47. The van der Waals surface area contributed by atoms with Crippen molar-refractivity contribution in [3.63, 3.8) is 0 Å². The topological polar surface area (TPSA) is 105 Å². The van der Waals surface area contributed by atoms with Crippen LogP contribution in [-0.2, 0) is 6.54 Å². The highest BCUT2D eigenvalue weighted by molar-refractivity contribution is 6.02. The van der Waals surface area contributed by atoms with Gasteiger partial charge in [-0.2, -0.15) is 0 Å². The quantitative estimate of drug-likeness (QED) is 0.858. The van der Waals surface area contributed by atoms with E-state index in [1.807, 2.05) is 6.07 Å². The summed E-state index contributed by atoms with van der Waals surface area (Å²) in [5.74, 6) is -1.46. The SMILES string of the molecule is O=C(O)c1nccnc1C(=O)N1CC2CC(C1)c1cccc(=O)n1C2. The molecule has 2 aliphatic rings. The minimum Gasteiger partial charge on any atom is -0.476 e. The van der Waals surface area contributed by atoms with Crippen LogP contribution in [-0.4, -0.2) is 49.5 Å². The highest BCUT2D eigenvalue weighted by Gasteiger charge is 2.37. The van der Waals surface area contributed by atoms with Crippen LogP contribution in [0.1, 0.15) is 39.0 Å². The molecule has 128 valence electrons. The average molecular weight is 340 g/mol. The lowest BCUT2D eigenvalue weighted by Gasteiger charge is -2.42. The van der Waals surface area contributed by atoms with Gasteiger partial charge in [0.05, 0.1) is 0 Å². The van der Waals surface area contributed by atoms with Crippen LogP contribution >= 0.6 is 0 Å². The Morgan fingerprint density at radius 1 is 1.08 bits per heavy atom. The predicted molar refractivity (Wildman–Crippen MR) is 86.4 cm³/mol. The summed E-state index contributed by atoms with van der Waals surface area (Å²) in [7, 11) is 0. The van der Waals surface area contributed by atoms with Gasteiger partial charge in [0, 0.05) is 49.7 Å². The molecule has 0 saturated carbocycles. The Kier molecular flexibility index (Phi) is 3.60. The molecule has 2 aliphatic heterocycles. The van der Waals surface area contributed by atoms with Crippen molar-refractivity contribution in [2.75, 3.05) is 13.1 Å². The zero-order valence-corrected chi connectivity index (χ0v) is 13.3. The molecule has 0 radical (unpaired) electrons. The molecule has 2 unspecified atom stereocenters. The lowest BCUT2D eigenvalue weighted by molar-refractivity contribution is 0.0571. The minimum atomic E-state index is -1.27. The van der Waals surface area contributed by atoms with Crippen molar-refractivity contribution in [1.82, 2.24) is 19.4 Å². The summed E-state index contributed by atoms with van der Waals surface area (Å²) in [6.45, 7) is 1.49. The Morgan fingerprint density at radius 3 is 2.60 bits per heavy atom. The van der Waals surface area contributed by atoms with Crippen LogP contribution in [0.2, 0.25) is 0 Å². The number of rotatable bonds is 2. The van der Waals surface area contributed by atoms with Crippen LogP contribution in [0.15, 0.2) is 35.4 Å². The van der Waals surface area contributed by atoms with Gasteiger partial charge in [-0.05, 0) is 18.4 Å². The third-order valence-corrected chi connectivity index (χ3v) is 4.87. The molecule has 2 atom stereocenters. The minimum absolute atomic E-state index is 0.0194. The number of aromatic carboxylic acids is 1. The van der Waals surface area contributed by atoms with Crippen molar-refractivity contribution in [2.24, 2.45) is 5.92 Å². The Bertz CT molecular complexity index is 923. The largest absolute Gasteiger partial charge is 0.476 e. The van der Waals surface area contributed by atoms with Gasteiger partial charge in [0.15, 0.2) is 11.4 Å². The van der Waals surface area contributed by atoms with Crippen molar-refractivity contribution >= 4 is 11.9 Å². The summed E-state index contributed by atoms with van der Waals surface area (Å²) >= 11 is 0. The molecule has 2 aromatic rings. The second kappa shape index (κ2) is 5.80. The van der Waals surface area contributed by atoms with E-state index in [1.165, 1.54) is 12.4 Å². The van der Waals surface area contributed by atoms with Crippen molar-refractivity contribution in [3.05, 3.63) is 58.0 Å². The monoisotopic (exact) mass is 340 g/mol. The predicted octanol–water partition coefficient (Wildman–Crippen LogP) is 0.596. The summed E-state index contributed by atoms with van der Waals surface area (Å²) in [4.78, 5) is 45.5. The molecular weight excluding hydrogens is 324 g/mol. The van der Waals surface area contributed by atoms with E-state index in [4.69, 9.17) is 0 Å². The number of likely N-dealkylation sites (tertiary alicyclic amines) is 1. The molecule has 0 aliphatic carbocycles. The summed E-state index contributed by atoms with van der Waals surface area (Å²) in [6.07, 6.45) is 3.49. The Hall–Kier alpha value is -3.03. The zero-order chi connectivity index (χ0) is 17.6. The van der Waals surface area contributed by atoms with Gasteiger partial charge in [-0.25, -0.2) is 14.8 Å². The molecule has 4 rings (SSSR count). The zero-order valence-electron chi connectivity index (χ0n) is 13.3. The molecular formula is C17H16N4O4. The molecule has 2 aromatic heterocycles. The van der Waals surface area contributed by atoms with Crippen molar-refractivity contribution in [1.29, 1.82) is 0 Å². The van der Waals surface area contributed by atoms with Gasteiger partial charge in [0.25, 0.3) is 11.5 Å². The van der Waals surface area contributed by atoms with E-state index in [2.05, 4.69) is 9.97 Å². The fourth-order valence-electron chi connectivity index (χ4n) is 3.86. The average Bonchev–Trinajstić information content (AvgIpc) is 2.62. The fraction of sp³-hybridized carbons (Fsp3) is 0.353. The van der Waals surface area contributed by atoms with Crippen LogP contribution in [0.5, 0.6) is 0 Å². The molecule has 1 N–H and O–H groups in total. The first-order chi connectivity index (χ1) is 12.0. The number of hydrogen-bond acceptors (Lipinski definition) is 5. The van der Waals surface area contributed by atoms with Crippen LogP contribution < -0.4 is 5.56 Å². The van der Waals surface area contributed by atoms with E-state index in [0.717, 1.165) is 12.1 Å². The number of carboxylic acids is 1. The number of amides is 1. The van der Waals surface area contributed by atoms with Gasteiger partial charge in [0.2, 0.25) is 0 Å². The van der Waals surface area contributed by atoms with Crippen LogP contribution in [0.4, 0.5) is 0 Å². The van der Waals surface area contributed by atoms with Gasteiger partial charge in [0.1, 0.15) is 0 Å². The molecule has 1 fully saturated rings. The number of piperidine rings is 1. The molecule has 25 heavy (non-hydrogen) atoms. The van der Waals surface area contributed by atoms with Crippen molar-refractivity contribution < 1.29 is 14.7 Å². The second-order valence-electron chi connectivity index (χ2n) is 6.47. The molecule has 8 heteroatoms. The maximum absolute atomic E-state index is 12.8. The van der Waals surface area contributed by atoms with Gasteiger partial charge in [-0.3, -0.25) is 9.59 Å². The van der Waals surface area contributed by atoms with Gasteiger partial charge >= 0.3 is 5.97 Å². The summed E-state index contributed by atoms with van der Waals surface area (Å²) in [6, 6.07) is 5.20. The molecule has 8 nitrogen and oxygen atoms in total. The highest BCUT2D eigenvalue weighted by atomic mass is 16.4. The number of fused-ring (bicyclic) bond motifs is 4. The third-order valence-electron chi connectivity index (χ3n) is 4.87. The molecule has 2 bridgehead atoms. The van der Waals surface area contributed by atoms with E-state index in [0.29, 0.717) is 19.6 Å². The Morgan fingerprint density at radius 2 is 1.84 bits per heavy atom. The molecule has 0 spiro atoms. The number of carbonyl (C=O) groups is 2. The first kappa shape index (κ1) is 15.5. The van der Waals surface area contributed by atoms with E-state index < -0.39 is 11.9 Å². The number of aromatic nitrogens is 3. The Labute approximate surface area is 142 Å². The first-order valence-corrected chi connectivity index (χ1v) is 8.08. The third kappa shape index (κ3) is 2.59. The maximum Gasteiger partial charge on any atom is 0.356 e. The number of nitrogens with zero attached hydrogens (tertiary/aromatic N) is 4. The summed E-state index contributed by atoms with van der Waals surface area (Å²) in [5.41, 5.74) is 0.438. The molecule has 1 amide bonds. The summed E-state index contributed by atoms with van der Waals surface area (Å²) in [5, 5.41) is 9.22. The smallest absolute Gasteiger partial charge is 0.356 e. The lowest BCUT2D eigenvalue weighted by Crippen LogP contribution is -2.49. The molecule has 4 heterocycles. The van der Waals surface area contributed by atoms with Gasteiger partial charge in [-0.1, -0.05) is 6.07 Å². The lowest BCUT2D eigenvalue weighted by atomic mass is 9.83. The van der Waals surface area contributed by atoms with Crippen LogP contribution in [0, 0.1) is 5.92 Å². The number of pyridine rings is 1. The summed E-state index contributed by atoms with van der Waals surface area (Å²) < 4.78 is 1.78. The number of carbonyl (C=O) groups excluding carboxylic acids is 1. The number of carboxylic acid groups (broad SMARTS) is 1. The van der Waals surface area contributed by atoms with Gasteiger partial charge < -0.3 is 14.6 Å². The normalized spacial score (nSPS) is 21.5. The molecule has 0 aromatic carbocycles. The van der Waals surface area contributed by atoms with Gasteiger partial charge in [-0.15, -0.1) is 0 Å². The van der Waals surface area contributed by atoms with E-state index in [1.54, 1.807) is 21.6 Å². The van der Waals surface area contributed by atoms with Crippen molar-refractivity contribution in [3.8, 4) is 0 Å².